The summed E-state index contributed by atoms with van der Waals surface area (Å²) < 4.78 is 1.23. The molecule has 0 spiro atoms. The Kier molecular flexibility index (Phi) is 18.9. The molecule has 23 heavy (non-hydrogen) atoms. The molecule has 0 bridgehead atoms. The van der Waals surface area contributed by atoms with Gasteiger partial charge in [0.25, 0.3) is 0 Å². The van der Waals surface area contributed by atoms with E-state index in [-0.39, 0.29) is 12.4 Å². The molecule has 0 N–H and O–H groups in total. The molecule has 2 heteroatoms. The third-order valence-electron chi connectivity index (χ3n) is 5.13. The summed E-state index contributed by atoms with van der Waals surface area (Å²) in [5, 5.41) is 0. The minimum atomic E-state index is 0. The number of rotatable bonds is 16. The van der Waals surface area contributed by atoms with E-state index >= 15 is 0 Å². The van der Waals surface area contributed by atoms with Crippen molar-refractivity contribution in [3.05, 3.63) is 0 Å². The highest BCUT2D eigenvalue weighted by Crippen LogP contribution is 2.16. The number of hydrogen-bond acceptors (Lipinski definition) is 0. The Morgan fingerprint density at radius 3 is 1.61 bits per heavy atom. The molecule has 0 rings (SSSR count). The fourth-order valence-electron chi connectivity index (χ4n) is 3.35. The molecule has 0 saturated carbocycles. The quantitative estimate of drug-likeness (QED) is 0.294. The van der Waals surface area contributed by atoms with E-state index in [0.29, 0.717) is 0 Å². The highest BCUT2D eigenvalue weighted by molar-refractivity contribution is 4.54. The van der Waals surface area contributed by atoms with Crippen LogP contribution in [0.2, 0.25) is 0 Å². The van der Waals surface area contributed by atoms with Crippen molar-refractivity contribution in [1.29, 1.82) is 0 Å². The lowest BCUT2D eigenvalue weighted by Crippen LogP contribution is -3.00. The second-order valence-electron chi connectivity index (χ2n) is 8.25. The monoisotopic (exact) mass is 347 g/mol. The van der Waals surface area contributed by atoms with E-state index in [1.165, 1.54) is 101 Å². The van der Waals surface area contributed by atoms with E-state index in [1.807, 2.05) is 0 Å². The number of hydrogen-bond donors (Lipinski definition) is 0. The number of unbranched alkanes of at least 4 members (excludes halogenated alkanes) is 8. The van der Waals surface area contributed by atoms with Crippen LogP contribution in [0.15, 0.2) is 0 Å². The Morgan fingerprint density at radius 1 is 0.609 bits per heavy atom. The van der Waals surface area contributed by atoms with Crippen LogP contribution in [0.3, 0.4) is 0 Å². The van der Waals surface area contributed by atoms with Crippen LogP contribution in [0.5, 0.6) is 0 Å². The van der Waals surface area contributed by atoms with Gasteiger partial charge in [-0.1, -0.05) is 78.6 Å². The predicted octanol–water partition coefficient (Wildman–Crippen LogP) is 3.81. The normalized spacial score (nSPS) is 12.9. The lowest BCUT2D eigenvalue weighted by atomic mass is 9.99. The van der Waals surface area contributed by atoms with Crippen LogP contribution in [0.25, 0.3) is 0 Å². The molecule has 1 nitrogen and oxygen atoms in total. The van der Waals surface area contributed by atoms with Crippen LogP contribution in [-0.4, -0.2) is 31.7 Å². The Hall–Kier alpha value is 0.250. The molecule has 0 heterocycles. The SMILES string of the molecule is CCCCCCCCCC[N+](C)(C)CCCC(C)CCCC.[Cl-]. The van der Waals surface area contributed by atoms with Crippen molar-refractivity contribution in [3.63, 3.8) is 0 Å². The van der Waals surface area contributed by atoms with Crippen LogP contribution in [0.1, 0.15) is 104 Å². The lowest BCUT2D eigenvalue weighted by molar-refractivity contribution is -0.890. The van der Waals surface area contributed by atoms with E-state index in [0.717, 1.165) is 5.92 Å². The van der Waals surface area contributed by atoms with Crippen LogP contribution < -0.4 is 12.4 Å². The first kappa shape index (κ1) is 25.5. The Morgan fingerprint density at radius 2 is 1.04 bits per heavy atom. The van der Waals surface area contributed by atoms with E-state index in [4.69, 9.17) is 0 Å². The Labute approximate surface area is 154 Å². The molecule has 0 aliphatic heterocycles. The van der Waals surface area contributed by atoms with Gasteiger partial charge in [-0.2, -0.15) is 0 Å². The first-order chi connectivity index (χ1) is 10.5. The van der Waals surface area contributed by atoms with E-state index < -0.39 is 0 Å². The molecule has 0 aliphatic rings. The van der Waals surface area contributed by atoms with Gasteiger partial charge in [-0.15, -0.1) is 0 Å². The van der Waals surface area contributed by atoms with E-state index in [9.17, 15) is 0 Å². The van der Waals surface area contributed by atoms with Gasteiger partial charge in [-0.3, -0.25) is 0 Å². The zero-order valence-corrected chi connectivity index (χ0v) is 17.8. The molecule has 142 valence electrons. The summed E-state index contributed by atoms with van der Waals surface area (Å²) in [6.45, 7) is 9.78. The molecule has 0 amide bonds. The van der Waals surface area contributed by atoms with Gasteiger partial charge in [0.05, 0.1) is 27.2 Å². The maximum Gasteiger partial charge on any atom is 0.0782 e. The van der Waals surface area contributed by atoms with Gasteiger partial charge >= 0.3 is 0 Å². The van der Waals surface area contributed by atoms with E-state index in [1.54, 1.807) is 0 Å². The smallest absolute Gasteiger partial charge is 0.0782 e. The van der Waals surface area contributed by atoms with E-state index in [2.05, 4.69) is 34.9 Å². The summed E-state index contributed by atoms with van der Waals surface area (Å²) in [7, 11) is 4.86. The van der Waals surface area contributed by atoms with Crippen molar-refractivity contribution >= 4 is 0 Å². The summed E-state index contributed by atoms with van der Waals surface area (Å²) in [5.41, 5.74) is 0. The molecule has 0 aromatic carbocycles. The standard InChI is InChI=1S/C21H46N.ClH/c1-6-8-10-11-12-13-14-15-19-22(4,5)20-16-18-21(3)17-9-7-2;/h21H,6-20H2,1-5H3;1H/q+1;/p-1. The average Bonchev–Trinajstić information content (AvgIpc) is 2.47. The average molecular weight is 348 g/mol. The van der Waals surface area contributed by atoms with Gasteiger partial charge in [0, 0.05) is 0 Å². The summed E-state index contributed by atoms with van der Waals surface area (Å²) in [6, 6.07) is 0. The predicted molar refractivity (Wildman–Crippen MR) is 102 cm³/mol. The molecule has 0 aromatic rings. The van der Waals surface area contributed by atoms with Crippen LogP contribution in [0.4, 0.5) is 0 Å². The Balaban J connectivity index is 0. The minimum absolute atomic E-state index is 0. The summed E-state index contributed by atoms with van der Waals surface area (Å²) in [5.74, 6) is 0.933. The molecule has 0 radical (unpaired) electrons. The summed E-state index contributed by atoms with van der Waals surface area (Å²) in [4.78, 5) is 0. The largest absolute Gasteiger partial charge is 1.00 e. The summed E-state index contributed by atoms with van der Waals surface area (Å²) in [6.07, 6.45) is 18.5. The highest BCUT2D eigenvalue weighted by atomic mass is 35.5. The van der Waals surface area contributed by atoms with Crippen molar-refractivity contribution in [3.8, 4) is 0 Å². The lowest BCUT2D eigenvalue weighted by Gasteiger charge is -2.30. The Bertz CT molecular complexity index is 228. The zero-order valence-electron chi connectivity index (χ0n) is 17.0. The van der Waals surface area contributed by atoms with Crippen molar-refractivity contribution in [1.82, 2.24) is 0 Å². The van der Waals surface area contributed by atoms with Crippen molar-refractivity contribution in [2.75, 3.05) is 27.2 Å². The van der Waals surface area contributed by atoms with Crippen molar-refractivity contribution < 1.29 is 16.9 Å². The second kappa shape index (κ2) is 17.1. The third kappa shape index (κ3) is 18.4. The topological polar surface area (TPSA) is 0 Å². The number of nitrogens with zero attached hydrogens (tertiary/aromatic N) is 1. The molecular formula is C21H46ClN. The number of halogens is 1. The van der Waals surface area contributed by atoms with Gasteiger partial charge in [0.2, 0.25) is 0 Å². The summed E-state index contributed by atoms with van der Waals surface area (Å²) >= 11 is 0. The maximum atomic E-state index is 2.44. The molecule has 0 aromatic heterocycles. The number of quaternary nitrogens is 1. The molecule has 1 unspecified atom stereocenters. The van der Waals surface area contributed by atoms with Gasteiger partial charge < -0.3 is 16.9 Å². The first-order valence-corrected chi connectivity index (χ1v) is 10.3. The molecule has 0 saturated heterocycles. The van der Waals surface area contributed by atoms with Crippen LogP contribution in [-0.2, 0) is 0 Å². The van der Waals surface area contributed by atoms with Crippen LogP contribution in [0, 0.1) is 5.92 Å². The maximum absolute atomic E-state index is 2.44. The second-order valence-corrected chi connectivity index (χ2v) is 8.25. The zero-order chi connectivity index (χ0) is 16.7. The molecule has 1 atom stereocenters. The molecule has 0 aliphatic carbocycles. The highest BCUT2D eigenvalue weighted by Gasteiger charge is 2.14. The van der Waals surface area contributed by atoms with Crippen LogP contribution >= 0.6 is 0 Å². The first-order valence-electron chi connectivity index (χ1n) is 10.3. The fraction of sp³-hybridized carbons (Fsp3) is 1.00. The fourth-order valence-corrected chi connectivity index (χ4v) is 3.35. The molecule has 0 fully saturated rings. The van der Waals surface area contributed by atoms with Gasteiger partial charge in [-0.05, 0) is 31.6 Å². The molecular weight excluding hydrogens is 302 g/mol. The van der Waals surface area contributed by atoms with Gasteiger partial charge in [0.15, 0.2) is 0 Å². The third-order valence-corrected chi connectivity index (χ3v) is 5.13. The van der Waals surface area contributed by atoms with Gasteiger partial charge in [-0.25, -0.2) is 0 Å². The minimum Gasteiger partial charge on any atom is -1.00 e. The van der Waals surface area contributed by atoms with Crippen molar-refractivity contribution in [2.24, 2.45) is 5.92 Å². The van der Waals surface area contributed by atoms with Gasteiger partial charge in [0.1, 0.15) is 0 Å². The van der Waals surface area contributed by atoms with Crippen molar-refractivity contribution in [2.45, 2.75) is 104 Å².